The lowest BCUT2D eigenvalue weighted by Gasteiger charge is -2.21. The molecule has 1 aromatic heterocycles. The maximum Gasteiger partial charge on any atom is 0.324 e. The number of rotatable bonds is 7. The first-order chi connectivity index (χ1) is 11.0. The number of nitrogens with zero attached hydrogens (tertiary/aromatic N) is 2. The zero-order valence-corrected chi connectivity index (χ0v) is 13.0. The van der Waals surface area contributed by atoms with Crippen LogP contribution in [0.2, 0.25) is 0 Å². The number of nitro groups is 1. The fraction of sp³-hybridized carbons (Fsp3) is 0.200. The first-order valence-corrected chi connectivity index (χ1v) is 7.64. The quantitative estimate of drug-likeness (QED) is 0.619. The van der Waals surface area contributed by atoms with Crippen molar-refractivity contribution in [3.8, 4) is 0 Å². The van der Waals surface area contributed by atoms with E-state index < -0.39 is 10.8 Å². The van der Waals surface area contributed by atoms with E-state index in [9.17, 15) is 19.7 Å². The summed E-state index contributed by atoms with van der Waals surface area (Å²) >= 11 is 0.816. The van der Waals surface area contributed by atoms with E-state index in [0.717, 1.165) is 16.9 Å². The van der Waals surface area contributed by atoms with Crippen LogP contribution in [0, 0.1) is 10.1 Å². The first-order valence-electron chi connectivity index (χ1n) is 6.83. The van der Waals surface area contributed by atoms with Gasteiger partial charge in [0.2, 0.25) is 5.91 Å². The molecule has 0 saturated heterocycles. The molecule has 1 aromatic carbocycles. The Morgan fingerprint density at radius 1 is 1.17 bits per heavy atom. The molecule has 0 aliphatic rings. The van der Waals surface area contributed by atoms with Crippen LogP contribution in [0.3, 0.4) is 0 Å². The largest absolute Gasteiger partial charge is 0.370 e. The highest BCUT2D eigenvalue weighted by molar-refractivity contribution is 7.17. The number of primary amides is 1. The van der Waals surface area contributed by atoms with Gasteiger partial charge in [-0.3, -0.25) is 19.7 Å². The average molecular weight is 333 g/mol. The van der Waals surface area contributed by atoms with Gasteiger partial charge in [0, 0.05) is 25.6 Å². The van der Waals surface area contributed by atoms with Crippen molar-refractivity contribution < 1.29 is 14.5 Å². The predicted octanol–water partition coefficient (Wildman–Crippen LogP) is 2.17. The van der Waals surface area contributed by atoms with Gasteiger partial charge in [-0.05, 0) is 11.6 Å². The summed E-state index contributed by atoms with van der Waals surface area (Å²) in [6.07, 6.45) is 0.0338. The van der Waals surface area contributed by atoms with Gasteiger partial charge >= 0.3 is 5.00 Å². The third-order valence-corrected chi connectivity index (χ3v) is 4.14. The molecule has 2 amide bonds. The molecule has 0 aliphatic heterocycles. The van der Waals surface area contributed by atoms with Crippen LogP contribution in [0.5, 0.6) is 0 Å². The monoisotopic (exact) mass is 333 g/mol. The van der Waals surface area contributed by atoms with Gasteiger partial charge in [0.25, 0.3) is 5.91 Å². The summed E-state index contributed by atoms with van der Waals surface area (Å²) in [7, 11) is 0. The van der Waals surface area contributed by atoms with Crippen molar-refractivity contribution in [1.82, 2.24) is 4.90 Å². The number of carbonyl (C=O) groups is 2. The Kier molecular flexibility index (Phi) is 5.42. The molecule has 120 valence electrons. The normalized spacial score (nSPS) is 10.3. The molecule has 0 fully saturated rings. The number of hydrogen-bond donors (Lipinski definition) is 1. The fourth-order valence-corrected chi connectivity index (χ4v) is 2.79. The summed E-state index contributed by atoms with van der Waals surface area (Å²) in [6, 6.07) is 12.0. The number of thiophene rings is 1. The van der Waals surface area contributed by atoms with Crippen LogP contribution >= 0.6 is 11.3 Å². The Morgan fingerprint density at radius 3 is 2.43 bits per heavy atom. The molecule has 7 nitrogen and oxygen atoms in total. The van der Waals surface area contributed by atoms with Gasteiger partial charge in [-0.15, -0.1) is 0 Å². The van der Waals surface area contributed by atoms with Crippen LogP contribution in [0.15, 0.2) is 42.5 Å². The van der Waals surface area contributed by atoms with E-state index in [1.165, 1.54) is 17.0 Å². The summed E-state index contributed by atoms with van der Waals surface area (Å²) in [5.74, 6) is -0.860. The number of benzene rings is 1. The van der Waals surface area contributed by atoms with Crippen LogP contribution in [0.4, 0.5) is 5.00 Å². The molecule has 0 saturated carbocycles. The maximum atomic E-state index is 12.6. The molecule has 8 heteroatoms. The molecule has 0 bridgehead atoms. The molecular formula is C15H15N3O4S. The summed E-state index contributed by atoms with van der Waals surface area (Å²) in [4.78, 5) is 35.5. The Labute approximate surface area is 136 Å². The van der Waals surface area contributed by atoms with Crippen molar-refractivity contribution in [2.75, 3.05) is 6.54 Å². The zero-order valence-electron chi connectivity index (χ0n) is 12.2. The van der Waals surface area contributed by atoms with Gasteiger partial charge < -0.3 is 10.6 Å². The maximum absolute atomic E-state index is 12.6. The van der Waals surface area contributed by atoms with Gasteiger partial charge in [0.15, 0.2) is 0 Å². The minimum absolute atomic E-state index is 0.0338. The van der Waals surface area contributed by atoms with Crippen molar-refractivity contribution in [2.45, 2.75) is 13.0 Å². The molecule has 1 heterocycles. The highest BCUT2D eigenvalue weighted by atomic mass is 32.1. The molecule has 2 aromatic rings. The van der Waals surface area contributed by atoms with Crippen LogP contribution in [0.1, 0.15) is 21.7 Å². The third-order valence-electron chi connectivity index (χ3n) is 3.11. The van der Waals surface area contributed by atoms with Crippen LogP contribution in [0.25, 0.3) is 0 Å². The number of nitrogens with two attached hydrogens (primary N) is 1. The SMILES string of the molecule is NC(=O)CCN(Cc1ccccc1)C(=O)c1ccc([N+](=O)[O-])s1. The molecule has 0 atom stereocenters. The highest BCUT2D eigenvalue weighted by Crippen LogP contribution is 2.25. The second kappa shape index (κ2) is 7.50. The lowest BCUT2D eigenvalue weighted by molar-refractivity contribution is -0.380. The minimum atomic E-state index is -0.535. The van der Waals surface area contributed by atoms with Gasteiger partial charge in [-0.25, -0.2) is 0 Å². The topological polar surface area (TPSA) is 107 Å². The van der Waals surface area contributed by atoms with Crippen LogP contribution in [-0.2, 0) is 11.3 Å². The van der Waals surface area contributed by atoms with Gasteiger partial charge in [-0.2, -0.15) is 0 Å². The van der Waals surface area contributed by atoms with Crippen molar-refractivity contribution in [3.05, 3.63) is 63.0 Å². The smallest absolute Gasteiger partial charge is 0.324 e. The summed E-state index contributed by atoms with van der Waals surface area (Å²) in [6.45, 7) is 0.466. The Hall–Kier alpha value is -2.74. The standard InChI is InChI=1S/C15H15N3O4S/c16-13(19)8-9-17(10-11-4-2-1-3-5-11)15(20)12-6-7-14(23-12)18(21)22/h1-7H,8-10H2,(H2,16,19). The first kappa shape index (κ1) is 16.6. The van der Waals surface area contributed by atoms with Gasteiger partial charge in [0.05, 0.1) is 9.80 Å². The van der Waals surface area contributed by atoms with Crippen molar-refractivity contribution in [2.24, 2.45) is 5.73 Å². The van der Waals surface area contributed by atoms with Gasteiger partial charge in [0.1, 0.15) is 0 Å². The highest BCUT2D eigenvalue weighted by Gasteiger charge is 2.21. The van der Waals surface area contributed by atoms with Gasteiger partial charge in [-0.1, -0.05) is 41.7 Å². The number of hydrogen-bond acceptors (Lipinski definition) is 5. The number of amides is 2. The molecular weight excluding hydrogens is 318 g/mol. The lowest BCUT2D eigenvalue weighted by atomic mass is 10.2. The summed E-state index contributed by atoms with van der Waals surface area (Å²) in [5, 5.41) is 10.6. The predicted molar refractivity (Wildman–Crippen MR) is 86.0 cm³/mol. The third kappa shape index (κ3) is 4.62. The molecule has 0 unspecified atom stereocenters. The molecule has 23 heavy (non-hydrogen) atoms. The second-order valence-electron chi connectivity index (χ2n) is 4.82. The summed E-state index contributed by atoms with van der Waals surface area (Å²) < 4.78 is 0. The summed E-state index contributed by atoms with van der Waals surface area (Å²) in [5.41, 5.74) is 6.05. The molecule has 0 aliphatic carbocycles. The fourth-order valence-electron chi connectivity index (χ4n) is 2.00. The average Bonchev–Trinajstić information content (AvgIpc) is 3.01. The molecule has 2 N–H and O–H groups in total. The second-order valence-corrected chi connectivity index (χ2v) is 5.89. The lowest BCUT2D eigenvalue weighted by Crippen LogP contribution is -2.33. The van der Waals surface area contributed by atoms with E-state index in [1.807, 2.05) is 30.3 Å². The molecule has 0 radical (unpaired) electrons. The van der Waals surface area contributed by atoms with Crippen LogP contribution in [-0.4, -0.2) is 28.2 Å². The Morgan fingerprint density at radius 2 is 1.87 bits per heavy atom. The van der Waals surface area contributed by atoms with Crippen molar-refractivity contribution in [1.29, 1.82) is 0 Å². The molecule has 2 rings (SSSR count). The van der Waals surface area contributed by atoms with E-state index >= 15 is 0 Å². The molecule has 0 spiro atoms. The minimum Gasteiger partial charge on any atom is -0.370 e. The number of carbonyl (C=O) groups excluding carboxylic acids is 2. The van der Waals surface area contributed by atoms with E-state index in [4.69, 9.17) is 5.73 Å². The van der Waals surface area contributed by atoms with Crippen molar-refractivity contribution in [3.63, 3.8) is 0 Å². The Balaban J connectivity index is 2.18. The van der Waals surface area contributed by atoms with E-state index in [-0.39, 0.29) is 28.8 Å². The van der Waals surface area contributed by atoms with E-state index in [1.54, 1.807) is 0 Å². The van der Waals surface area contributed by atoms with E-state index in [2.05, 4.69) is 0 Å². The Bertz CT molecular complexity index is 715. The van der Waals surface area contributed by atoms with Crippen LogP contribution < -0.4 is 5.73 Å². The van der Waals surface area contributed by atoms with E-state index in [0.29, 0.717) is 6.54 Å². The van der Waals surface area contributed by atoms with Crippen molar-refractivity contribution >= 4 is 28.2 Å². The zero-order chi connectivity index (χ0) is 16.8.